The van der Waals surface area contributed by atoms with Crippen molar-refractivity contribution in [2.75, 3.05) is 33.0 Å². The van der Waals surface area contributed by atoms with E-state index in [2.05, 4.69) is 13.8 Å². The Morgan fingerprint density at radius 1 is 0.482 bits per heavy atom. The molecule has 0 aromatic rings. The maximum atomic E-state index is 12.6. The highest BCUT2D eigenvalue weighted by molar-refractivity contribution is 7.47. The van der Waals surface area contributed by atoms with E-state index in [0.29, 0.717) is 6.61 Å². The monoisotopic (exact) mass is 821 g/mol. The molecule has 0 heterocycles. The summed E-state index contributed by atoms with van der Waals surface area (Å²) in [6, 6.07) is 0. The molecule has 0 aliphatic rings. The first kappa shape index (κ1) is 55.5. The molecule has 3 atom stereocenters. The van der Waals surface area contributed by atoms with Crippen LogP contribution in [0.15, 0.2) is 0 Å². The zero-order valence-electron chi connectivity index (χ0n) is 36.9. The van der Waals surface area contributed by atoms with Crippen LogP contribution in [0.1, 0.15) is 245 Å². The smallest absolute Gasteiger partial charge is 0.457 e. The molecular weight excluding hydrogens is 727 g/mol. The number of unbranched alkanes of at least 4 members (excludes halogenated alkanes) is 33. The Morgan fingerprint density at radius 2 is 0.804 bits per heavy atom. The first-order valence-electron chi connectivity index (χ1n) is 24.0. The zero-order valence-corrected chi connectivity index (χ0v) is 37.8. The number of esters is 1. The fourth-order valence-corrected chi connectivity index (χ4v) is 7.91. The van der Waals surface area contributed by atoms with E-state index in [9.17, 15) is 19.4 Å². The molecule has 56 heavy (non-hydrogen) atoms. The summed E-state index contributed by atoms with van der Waals surface area (Å²) in [5.41, 5.74) is 0. The van der Waals surface area contributed by atoms with Gasteiger partial charge in [-0.05, 0) is 12.8 Å². The van der Waals surface area contributed by atoms with E-state index in [1.54, 1.807) is 0 Å². The van der Waals surface area contributed by atoms with Crippen LogP contribution in [0.2, 0.25) is 0 Å². The lowest BCUT2D eigenvalue weighted by molar-refractivity contribution is -0.154. The van der Waals surface area contributed by atoms with E-state index in [-0.39, 0.29) is 25.6 Å². The Bertz CT molecular complexity index is 845. The van der Waals surface area contributed by atoms with Gasteiger partial charge in [-0.1, -0.05) is 226 Å². The van der Waals surface area contributed by atoms with Crippen LogP contribution in [-0.4, -0.2) is 66.3 Å². The molecule has 0 aliphatic carbocycles. The number of carbonyl (C=O) groups is 1. The lowest BCUT2D eigenvalue weighted by atomic mass is 10.0. The molecule has 336 valence electrons. The summed E-state index contributed by atoms with van der Waals surface area (Å²) in [4.78, 5) is 22.6. The molecule has 0 fully saturated rings. The quantitative estimate of drug-likeness (QED) is 0.0312. The predicted molar refractivity (Wildman–Crippen MR) is 233 cm³/mol. The van der Waals surface area contributed by atoms with Crippen molar-refractivity contribution in [1.82, 2.24) is 0 Å². The van der Waals surface area contributed by atoms with Gasteiger partial charge in [0, 0.05) is 13.0 Å². The molecule has 10 heteroatoms. The number of rotatable bonds is 47. The highest BCUT2D eigenvalue weighted by Gasteiger charge is 2.26. The van der Waals surface area contributed by atoms with Gasteiger partial charge in [-0.2, -0.15) is 0 Å². The minimum atomic E-state index is -4.51. The minimum absolute atomic E-state index is 0.0582. The molecule has 9 nitrogen and oxygen atoms in total. The Hall–Kier alpha value is -0.540. The Labute approximate surface area is 346 Å². The van der Waals surface area contributed by atoms with Crippen LogP contribution in [0.25, 0.3) is 0 Å². The third kappa shape index (κ3) is 43.0. The number of aliphatic hydroxyl groups excluding tert-OH is 2. The molecule has 0 radical (unpaired) electrons. The molecule has 0 aliphatic heterocycles. The first-order chi connectivity index (χ1) is 27.3. The Morgan fingerprint density at radius 3 is 1.16 bits per heavy atom. The lowest BCUT2D eigenvalue weighted by Crippen LogP contribution is -2.29. The van der Waals surface area contributed by atoms with Crippen molar-refractivity contribution in [3.63, 3.8) is 0 Å². The minimum Gasteiger partial charge on any atom is -0.457 e. The molecule has 0 saturated carbocycles. The molecule has 0 rings (SSSR count). The lowest BCUT2D eigenvalue weighted by Gasteiger charge is -2.20. The van der Waals surface area contributed by atoms with Gasteiger partial charge in [0.05, 0.1) is 26.4 Å². The van der Waals surface area contributed by atoms with Gasteiger partial charge in [-0.3, -0.25) is 13.8 Å². The molecule has 3 unspecified atom stereocenters. The van der Waals surface area contributed by atoms with Gasteiger partial charge in [0.1, 0.15) is 12.2 Å². The van der Waals surface area contributed by atoms with Gasteiger partial charge >= 0.3 is 13.8 Å². The van der Waals surface area contributed by atoms with Crippen molar-refractivity contribution in [3.05, 3.63) is 0 Å². The summed E-state index contributed by atoms with van der Waals surface area (Å²) in [7, 11) is -4.51. The van der Waals surface area contributed by atoms with Crippen molar-refractivity contribution in [2.45, 2.75) is 257 Å². The molecule has 0 spiro atoms. The molecule has 3 N–H and O–H groups in total. The highest BCUT2D eigenvalue weighted by atomic mass is 31.2. The van der Waals surface area contributed by atoms with E-state index in [0.717, 1.165) is 32.1 Å². The maximum Gasteiger partial charge on any atom is 0.472 e. The van der Waals surface area contributed by atoms with Crippen LogP contribution in [-0.2, 0) is 27.9 Å². The summed E-state index contributed by atoms with van der Waals surface area (Å²) in [6.07, 6.45) is 43.5. The molecule has 0 saturated heterocycles. The average molecular weight is 821 g/mol. The second-order valence-corrected chi connectivity index (χ2v) is 18.0. The average Bonchev–Trinajstić information content (AvgIpc) is 3.19. The van der Waals surface area contributed by atoms with Gasteiger partial charge in [0.15, 0.2) is 0 Å². The number of phosphoric ester groups is 1. The van der Waals surface area contributed by atoms with Crippen molar-refractivity contribution in [2.24, 2.45) is 0 Å². The van der Waals surface area contributed by atoms with E-state index >= 15 is 0 Å². The second kappa shape index (κ2) is 44.0. The molecule has 0 bridgehead atoms. The van der Waals surface area contributed by atoms with E-state index in [4.69, 9.17) is 23.6 Å². The Balaban J connectivity index is 4.01. The fraction of sp³-hybridized carbons (Fsp3) is 0.978. The van der Waals surface area contributed by atoms with Crippen LogP contribution in [0.4, 0.5) is 0 Å². The topological polar surface area (TPSA) is 132 Å². The van der Waals surface area contributed by atoms with Crippen molar-refractivity contribution in [1.29, 1.82) is 0 Å². The molecule has 0 amide bonds. The van der Waals surface area contributed by atoms with Gasteiger partial charge in [-0.25, -0.2) is 4.57 Å². The Kier molecular flexibility index (Phi) is 43.6. The third-order valence-electron chi connectivity index (χ3n) is 10.8. The predicted octanol–water partition coefficient (Wildman–Crippen LogP) is 13.5. The number of aliphatic hydroxyl groups is 2. The van der Waals surface area contributed by atoms with Gasteiger partial charge in [0.25, 0.3) is 0 Å². The summed E-state index contributed by atoms with van der Waals surface area (Å²) in [5.74, 6) is -0.374. The molecule has 0 aromatic carbocycles. The second-order valence-electron chi connectivity index (χ2n) is 16.5. The summed E-state index contributed by atoms with van der Waals surface area (Å²) < 4.78 is 33.4. The molecule has 0 aromatic heterocycles. The van der Waals surface area contributed by atoms with E-state index in [1.165, 1.54) is 193 Å². The van der Waals surface area contributed by atoms with Crippen molar-refractivity contribution >= 4 is 13.8 Å². The van der Waals surface area contributed by atoms with Gasteiger partial charge < -0.3 is 24.6 Å². The fourth-order valence-electron chi connectivity index (χ4n) is 7.12. The normalized spacial score (nSPS) is 13.9. The molecular formula is C46H93O9P. The van der Waals surface area contributed by atoms with Crippen LogP contribution in [0.3, 0.4) is 0 Å². The summed E-state index contributed by atoms with van der Waals surface area (Å²) >= 11 is 0. The maximum absolute atomic E-state index is 12.6. The van der Waals surface area contributed by atoms with Gasteiger partial charge in [-0.15, -0.1) is 0 Å². The summed E-state index contributed by atoms with van der Waals surface area (Å²) in [5, 5.41) is 18.4. The third-order valence-corrected chi connectivity index (χ3v) is 11.7. The van der Waals surface area contributed by atoms with E-state index < -0.39 is 33.2 Å². The summed E-state index contributed by atoms with van der Waals surface area (Å²) in [6.45, 7) is 3.59. The number of phosphoric acid groups is 1. The SMILES string of the molecule is CCCCCCCCCCCCCCCCCCCCCCCCC(=O)OC(COCCCCCCCCCCCCCCC)COP(=O)(O)OCC(O)CO. The highest BCUT2D eigenvalue weighted by Crippen LogP contribution is 2.43. The van der Waals surface area contributed by atoms with Crippen LogP contribution < -0.4 is 0 Å². The standard InChI is InChI=1S/C46H93O9P/c1-3-5-7-9-11-13-15-17-18-19-20-21-22-23-24-25-26-28-30-32-34-36-38-46(49)55-45(43-54-56(50,51)53-41-44(48)40-47)42-52-39-37-35-33-31-29-27-16-14-12-10-8-6-4-2/h44-45,47-48H,3-43H2,1-2H3,(H,50,51). The van der Waals surface area contributed by atoms with Crippen molar-refractivity contribution < 1.29 is 43.0 Å². The van der Waals surface area contributed by atoms with Crippen molar-refractivity contribution in [3.8, 4) is 0 Å². The number of hydrogen-bond donors (Lipinski definition) is 3. The first-order valence-corrected chi connectivity index (χ1v) is 25.5. The largest absolute Gasteiger partial charge is 0.472 e. The number of hydrogen-bond acceptors (Lipinski definition) is 8. The number of carbonyl (C=O) groups excluding carboxylic acids is 1. The zero-order chi connectivity index (χ0) is 41.1. The van der Waals surface area contributed by atoms with Crippen LogP contribution in [0, 0.1) is 0 Å². The van der Waals surface area contributed by atoms with Crippen LogP contribution >= 0.6 is 7.82 Å². The number of ether oxygens (including phenoxy) is 2. The van der Waals surface area contributed by atoms with Gasteiger partial charge in [0.2, 0.25) is 0 Å². The van der Waals surface area contributed by atoms with E-state index in [1.807, 2.05) is 0 Å². The van der Waals surface area contributed by atoms with Crippen LogP contribution in [0.5, 0.6) is 0 Å².